The molecule has 1 saturated carbocycles. The molecule has 0 aliphatic heterocycles. The summed E-state index contributed by atoms with van der Waals surface area (Å²) in [5, 5.41) is 9.97. The minimum atomic E-state index is -0.945. The second-order valence-corrected chi connectivity index (χ2v) is 5.93. The Balaban J connectivity index is 1.98. The molecule has 5 heteroatoms. The number of aromatic carboxylic acids is 1. The van der Waals surface area contributed by atoms with Crippen LogP contribution in [0, 0.1) is 0 Å². The van der Waals surface area contributed by atoms with Crippen LogP contribution in [0.25, 0.3) is 10.6 Å². The number of rotatable bonds is 5. The van der Waals surface area contributed by atoms with Gasteiger partial charge in [-0.05, 0) is 30.4 Å². The van der Waals surface area contributed by atoms with Gasteiger partial charge in [-0.25, -0.2) is 9.78 Å². The third kappa shape index (κ3) is 2.59. The average molecular weight is 289 g/mol. The summed E-state index contributed by atoms with van der Waals surface area (Å²) in [5.41, 5.74) is 2.81. The third-order valence-corrected chi connectivity index (χ3v) is 4.49. The molecule has 0 spiro atoms. The van der Waals surface area contributed by atoms with Gasteiger partial charge in [-0.1, -0.05) is 18.2 Å². The number of carboxylic acids is 1. The summed E-state index contributed by atoms with van der Waals surface area (Å²) in [5.74, 6) is -0.272. The van der Waals surface area contributed by atoms with Crippen molar-refractivity contribution in [1.29, 1.82) is 0 Å². The van der Waals surface area contributed by atoms with Crippen LogP contribution in [-0.2, 0) is 11.3 Å². The number of carbonyl (C=O) groups is 1. The van der Waals surface area contributed by atoms with Crippen LogP contribution in [0.5, 0.6) is 0 Å². The molecule has 1 aromatic heterocycles. The van der Waals surface area contributed by atoms with E-state index in [1.54, 1.807) is 7.11 Å². The minimum absolute atomic E-state index is 0.223. The maximum atomic E-state index is 11.2. The van der Waals surface area contributed by atoms with E-state index in [0.29, 0.717) is 11.6 Å². The second kappa shape index (κ2) is 5.34. The third-order valence-electron chi connectivity index (χ3n) is 3.35. The fourth-order valence-electron chi connectivity index (χ4n) is 2.22. The van der Waals surface area contributed by atoms with Crippen LogP contribution in [0.1, 0.15) is 39.7 Å². The van der Waals surface area contributed by atoms with Gasteiger partial charge < -0.3 is 9.84 Å². The fourth-order valence-corrected chi connectivity index (χ4v) is 3.12. The van der Waals surface area contributed by atoms with E-state index in [1.165, 1.54) is 29.7 Å². The maximum Gasteiger partial charge on any atom is 0.347 e. The molecule has 0 saturated heterocycles. The smallest absolute Gasteiger partial charge is 0.347 e. The number of benzene rings is 1. The first-order valence-electron chi connectivity index (χ1n) is 6.51. The molecule has 3 rings (SSSR count). The summed E-state index contributed by atoms with van der Waals surface area (Å²) in [6, 6.07) is 8.25. The second-order valence-electron chi connectivity index (χ2n) is 4.93. The lowest BCUT2D eigenvalue weighted by Crippen LogP contribution is -1.99. The van der Waals surface area contributed by atoms with Crippen molar-refractivity contribution >= 4 is 17.3 Å². The topological polar surface area (TPSA) is 59.4 Å². The van der Waals surface area contributed by atoms with Gasteiger partial charge in [0.15, 0.2) is 0 Å². The lowest BCUT2D eigenvalue weighted by atomic mass is 10.1. The highest BCUT2D eigenvalue weighted by Crippen LogP contribution is 2.41. The number of hydrogen-bond donors (Lipinski definition) is 1. The molecule has 104 valence electrons. The summed E-state index contributed by atoms with van der Waals surface area (Å²) in [6.45, 7) is 0.223. The first kappa shape index (κ1) is 13.3. The van der Waals surface area contributed by atoms with Gasteiger partial charge in [0.1, 0.15) is 9.88 Å². The first-order chi connectivity index (χ1) is 9.69. The standard InChI is InChI=1S/C15H15NO3S/c1-19-8-12-13(15(17)18)20-14(16-12)11-4-2-3-10(7-11)9-5-6-9/h2-4,7,9H,5-6,8H2,1H3,(H,17,18). The summed E-state index contributed by atoms with van der Waals surface area (Å²) in [4.78, 5) is 15.9. The van der Waals surface area contributed by atoms with Crippen molar-refractivity contribution in [1.82, 2.24) is 4.98 Å². The Bertz CT molecular complexity index is 646. The molecule has 0 atom stereocenters. The van der Waals surface area contributed by atoms with Gasteiger partial charge in [0.25, 0.3) is 0 Å². The number of nitrogens with zero attached hydrogens (tertiary/aromatic N) is 1. The fraction of sp³-hybridized carbons (Fsp3) is 0.333. The van der Waals surface area contributed by atoms with Gasteiger partial charge >= 0.3 is 5.97 Å². The van der Waals surface area contributed by atoms with E-state index < -0.39 is 5.97 Å². The Morgan fingerprint density at radius 3 is 2.95 bits per heavy atom. The van der Waals surface area contributed by atoms with E-state index >= 15 is 0 Å². The molecule has 20 heavy (non-hydrogen) atoms. The van der Waals surface area contributed by atoms with Gasteiger partial charge in [0.05, 0.1) is 12.3 Å². The van der Waals surface area contributed by atoms with Gasteiger partial charge in [-0.2, -0.15) is 0 Å². The van der Waals surface area contributed by atoms with Crippen LogP contribution in [-0.4, -0.2) is 23.2 Å². The largest absolute Gasteiger partial charge is 0.477 e. The van der Waals surface area contributed by atoms with Crippen molar-refractivity contribution in [3.8, 4) is 10.6 Å². The van der Waals surface area contributed by atoms with Gasteiger partial charge in [-0.3, -0.25) is 0 Å². The molecular weight excluding hydrogens is 274 g/mol. The molecule has 1 aliphatic rings. The van der Waals surface area contributed by atoms with Crippen LogP contribution in [0.4, 0.5) is 0 Å². The molecule has 1 heterocycles. The molecule has 2 aromatic rings. The first-order valence-corrected chi connectivity index (χ1v) is 7.33. The van der Waals surface area contributed by atoms with Crippen molar-refractivity contribution in [2.75, 3.05) is 7.11 Å². The SMILES string of the molecule is COCc1nc(-c2cccc(C3CC3)c2)sc1C(=O)O. The van der Waals surface area contributed by atoms with Crippen LogP contribution < -0.4 is 0 Å². The van der Waals surface area contributed by atoms with E-state index in [-0.39, 0.29) is 11.5 Å². The molecular formula is C15H15NO3S. The van der Waals surface area contributed by atoms with Crippen molar-refractivity contribution in [2.45, 2.75) is 25.4 Å². The van der Waals surface area contributed by atoms with E-state index in [0.717, 1.165) is 10.6 Å². The predicted octanol–water partition coefficient (Wildman–Crippen LogP) is 3.53. The molecule has 0 bridgehead atoms. The minimum Gasteiger partial charge on any atom is -0.477 e. The van der Waals surface area contributed by atoms with Crippen LogP contribution in [0.2, 0.25) is 0 Å². The van der Waals surface area contributed by atoms with Gasteiger partial charge in [0.2, 0.25) is 0 Å². The maximum absolute atomic E-state index is 11.2. The average Bonchev–Trinajstić information content (AvgIpc) is 3.20. The zero-order valence-corrected chi connectivity index (χ0v) is 11.9. The predicted molar refractivity (Wildman–Crippen MR) is 77.2 cm³/mol. The van der Waals surface area contributed by atoms with Crippen LogP contribution in [0.15, 0.2) is 24.3 Å². The molecule has 4 nitrogen and oxygen atoms in total. The van der Waals surface area contributed by atoms with Gasteiger partial charge in [-0.15, -0.1) is 11.3 Å². The van der Waals surface area contributed by atoms with Crippen molar-refractivity contribution in [2.24, 2.45) is 0 Å². The summed E-state index contributed by atoms with van der Waals surface area (Å²) >= 11 is 1.21. The van der Waals surface area contributed by atoms with E-state index in [1.807, 2.05) is 12.1 Å². The quantitative estimate of drug-likeness (QED) is 0.914. The number of ether oxygens (including phenoxy) is 1. The molecule has 1 aromatic carbocycles. The number of thiazole rings is 1. The van der Waals surface area contributed by atoms with Crippen molar-refractivity contribution < 1.29 is 14.6 Å². The number of aromatic nitrogens is 1. The zero-order chi connectivity index (χ0) is 14.1. The number of hydrogen-bond acceptors (Lipinski definition) is 4. The number of carboxylic acid groups (broad SMARTS) is 1. The summed E-state index contributed by atoms with van der Waals surface area (Å²) in [6.07, 6.45) is 2.49. The Hall–Kier alpha value is -1.72. The Labute approximate surface area is 121 Å². The summed E-state index contributed by atoms with van der Waals surface area (Å²) in [7, 11) is 1.54. The van der Waals surface area contributed by atoms with Crippen molar-refractivity contribution in [3.63, 3.8) is 0 Å². The Kier molecular flexibility index (Phi) is 3.54. The molecule has 0 radical (unpaired) electrons. The molecule has 0 unspecified atom stereocenters. The van der Waals surface area contributed by atoms with Crippen LogP contribution >= 0.6 is 11.3 Å². The van der Waals surface area contributed by atoms with Gasteiger partial charge in [0, 0.05) is 12.7 Å². The normalized spacial score (nSPS) is 14.4. The van der Waals surface area contributed by atoms with E-state index in [2.05, 4.69) is 17.1 Å². The highest BCUT2D eigenvalue weighted by atomic mass is 32.1. The molecule has 1 aliphatic carbocycles. The molecule has 0 amide bonds. The highest BCUT2D eigenvalue weighted by molar-refractivity contribution is 7.17. The van der Waals surface area contributed by atoms with E-state index in [9.17, 15) is 9.90 Å². The highest BCUT2D eigenvalue weighted by Gasteiger charge is 2.24. The Morgan fingerprint density at radius 1 is 1.50 bits per heavy atom. The molecule has 1 N–H and O–H groups in total. The number of methoxy groups -OCH3 is 1. The van der Waals surface area contributed by atoms with E-state index in [4.69, 9.17) is 4.74 Å². The van der Waals surface area contributed by atoms with Crippen LogP contribution in [0.3, 0.4) is 0 Å². The van der Waals surface area contributed by atoms with Crippen molar-refractivity contribution in [3.05, 3.63) is 40.4 Å². The molecule has 1 fully saturated rings. The zero-order valence-electron chi connectivity index (χ0n) is 11.1. The monoisotopic (exact) mass is 289 g/mol. The lowest BCUT2D eigenvalue weighted by Gasteiger charge is -2.01. The summed E-state index contributed by atoms with van der Waals surface area (Å²) < 4.78 is 5.02. The Morgan fingerprint density at radius 2 is 2.30 bits per heavy atom. The lowest BCUT2D eigenvalue weighted by molar-refractivity contribution is 0.0697.